The highest BCUT2D eigenvalue weighted by Gasteiger charge is 2.47. The molecule has 2 amide bonds. The maximum Gasteiger partial charge on any atom is 0.223 e. The van der Waals surface area contributed by atoms with Crippen molar-refractivity contribution in [2.45, 2.75) is 19.3 Å². The molecule has 1 aromatic carbocycles. The largest absolute Gasteiger partial charge is 0.356 e. The third-order valence-electron chi connectivity index (χ3n) is 4.25. The summed E-state index contributed by atoms with van der Waals surface area (Å²) in [6.07, 6.45) is 2.17. The fraction of sp³-hybridized carbons (Fsp3) is 0.556. The van der Waals surface area contributed by atoms with E-state index >= 15 is 0 Å². The summed E-state index contributed by atoms with van der Waals surface area (Å²) in [6.45, 7) is 2.08. The number of benzene rings is 1. The zero-order valence-electron chi connectivity index (χ0n) is 14.6. The Hall–Kier alpha value is -1.30. The lowest BCUT2D eigenvalue weighted by atomic mass is 10.1. The molecule has 2 rings (SSSR count). The highest BCUT2D eigenvalue weighted by molar-refractivity contribution is 6.35. The lowest BCUT2D eigenvalue weighted by Gasteiger charge is -2.10. The van der Waals surface area contributed by atoms with E-state index < -0.39 is 0 Å². The van der Waals surface area contributed by atoms with Crippen LogP contribution in [0.4, 0.5) is 0 Å². The summed E-state index contributed by atoms with van der Waals surface area (Å²) in [5.41, 5.74) is 0.942. The summed E-state index contributed by atoms with van der Waals surface area (Å²) in [4.78, 5) is 26.2. The first-order valence-electron chi connectivity index (χ1n) is 8.52. The number of halogens is 2. The Morgan fingerprint density at radius 1 is 1.12 bits per heavy atom. The molecular formula is C18H25Cl2N3O2. The number of carbonyl (C=O) groups is 2. The Balaban J connectivity index is 1.64. The van der Waals surface area contributed by atoms with Gasteiger partial charge in [-0.1, -0.05) is 29.3 Å². The minimum absolute atomic E-state index is 0.0142. The van der Waals surface area contributed by atoms with Crippen LogP contribution in [0.1, 0.15) is 18.4 Å². The van der Waals surface area contributed by atoms with Gasteiger partial charge in [-0.05, 0) is 57.6 Å². The lowest BCUT2D eigenvalue weighted by Crippen LogP contribution is -2.32. The summed E-state index contributed by atoms with van der Waals surface area (Å²) in [7, 11) is 4.00. The van der Waals surface area contributed by atoms with Gasteiger partial charge in [0.05, 0.1) is 11.8 Å². The summed E-state index contributed by atoms with van der Waals surface area (Å²) in [5.74, 6) is -0.453. The second-order valence-corrected chi connectivity index (χ2v) is 7.52. The smallest absolute Gasteiger partial charge is 0.223 e. The van der Waals surface area contributed by atoms with Crippen LogP contribution in [0.5, 0.6) is 0 Å². The van der Waals surface area contributed by atoms with Crippen LogP contribution in [0.15, 0.2) is 18.2 Å². The first-order chi connectivity index (χ1) is 11.9. The molecule has 0 saturated heterocycles. The predicted octanol–water partition coefficient (Wildman–Crippen LogP) is 2.36. The van der Waals surface area contributed by atoms with Gasteiger partial charge < -0.3 is 15.5 Å². The summed E-state index contributed by atoms with van der Waals surface area (Å²) in [5, 5.41) is 6.98. The number of nitrogens with one attached hydrogen (secondary N) is 2. The fourth-order valence-corrected chi connectivity index (χ4v) is 3.19. The van der Waals surface area contributed by atoms with Crippen LogP contribution in [0.3, 0.4) is 0 Å². The maximum absolute atomic E-state index is 12.1. The molecule has 1 saturated carbocycles. The number of hydrogen-bond donors (Lipinski definition) is 2. The number of hydrogen-bond acceptors (Lipinski definition) is 3. The van der Waals surface area contributed by atoms with Gasteiger partial charge in [0, 0.05) is 23.1 Å². The Bertz CT molecular complexity index is 622. The maximum atomic E-state index is 12.1. The van der Waals surface area contributed by atoms with Crippen molar-refractivity contribution < 1.29 is 9.59 Å². The Kier molecular flexibility index (Phi) is 7.54. The van der Waals surface area contributed by atoms with E-state index in [0.29, 0.717) is 36.0 Å². The van der Waals surface area contributed by atoms with Gasteiger partial charge >= 0.3 is 0 Å². The molecule has 7 heteroatoms. The fourth-order valence-electron chi connectivity index (χ4n) is 2.69. The SMILES string of the molecule is CN(C)CCCNC(=O)C1CC1C(=O)NCCc1ccc(Cl)cc1Cl. The quantitative estimate of drug-likeness (QED) is 0.641. The molecule has 2 unspecified atom stereocenters. The van der Waals surface area contributed by atoms with E-state index in [9.17, 15) is 9.59 Å². The zero-order valence-corrected chi connectivity index (χ0v) is 16.2. The average molecular weight is 386 g/mol. The Morgan fingerprint density at radius 2 is 1.76 bits per heavy atom. The molecular weight excluding hydrogens is 361 g/mol. The minimum Gasteiger partial charge on any atom is -0.356 e. The standard InChI is InChI=1S/C18H25Cl2N3O2/c1-23(2)9-3-7-21-17(24)14-11-15(14)18(25)22-8-6-12-4-5-13(19)10-16(12)20/h4-5,10,14-15H,3,6-9,11H2,1-2H3,(H,21,24)(H,22,25). The van der Waals surface area contributed by atoms with Crippen LogP contribution in [0.2, 0.25) is 10.0 Å². The van der Waals surface area contributed by atoms with Crippen molar-refractivity contribution in [3.63, 3.8) is 0 Å². The lowest BCUT2D eigenvalue weighted by molar-refractivity contribution is -0.127. The van der Waals surface area contributed by atoms with Crippen molar-refractivity contribution in [1.29, 1.82) is 0 Å². The first-order valence-corrected chi connectivity index (χ1v) is 9.28. The molecule has 1 aliphatic carbocycles. The molecule has 0 spiro atoms. The molecule has 2 atom stereocenters. The monoisotopic (exact) mass is 385 g/mol. The third kappa shape index (κ3) is 6.49. The number of nitrogens with zero attached hydrogens (tertiary/aromatic N) is 1. The van der Waals surface area contributed by atoms with Gasteiger partial charge in [-0.2, -0.15) is 0 Å². The molecule has 5 nitrogen and oxygen atoms in total. The van der Waals surface area contributed by atoms with Crippen molar-refractivity contribution >= 4 is 35.0 Å². The van der Waals surface area contributed by atoms with E-state index in [1.807, 2.05) is 20.2 Å². The van der Waals surface area contributed by atoms with Crippen LogP contribution >= 0.6 is 23.2 Å². The minimum atomic E-state index is -0.200. The molecule has 1 fully saturated rings. The van der Waals surface area contributed by atoms with Gasteiger partial charge in [-0.3, -0.25) is 9.59 Å². The van der Waals surface area contributed by atoms with Gasteiger partial charge in [0.25, 0.3) is 0 Å². The van der Waals surface area contributed by atoms with E-state index in [0.717, 1.165) is 18.5 Å². The summed E-state index contributed by atoms with van der Waals surface area (Å²) < 4.78 is 0. The molecule has 25 heavy (non-hydrogen) atoms. The second kappa shape index (κ2) is 9.41. The summed E-state index contributed by atoms with van der Waals surface area (Å²) in [6, 6.07) is 5.33. The van der Waals surface area contributed by atoms with Gasteiger partial charge in [-0.15, -0.1) is 0 Å². The predicted molar refractivity (Wildman–Crippen MR) is 101 cm³/mol. The summed E-state index contributed by atoms with van der Waals surface area (Å²) >= 11 is 12.0. The van der Waals surface area contributed by atoms with E-state index in [1.54, 1.807) is 12.1 Å². The molecule has 1 aliphatic rings. The highest BCUT2D eigenvalue weighted by Crippen LogP contribution is 2.38. The van der Waals surface area contributed by atoms with E-state index in [-0.39, 0.29) is 23.7 Å². The van der Waals surface area contributed by atoms with Crippen LogP contribution in [-0.4, -0.2) is 50.4 Å². The van der Waals surface area contributed by atoms with Crippen LogP contribution in [-0.2, 0) is 16.0 Å². The van der Waals surface area contributed by atoms with Crippen molar-refractivity contribution in [2.24, 2.45) is 11.8 Å². The molecule has 0 heterocycles. The Morgan fingerprint density at radius 3 is 2.36 bits per heavy atom. The third-order valence-corrected chi connectivity index (χ3v) is 4.84. The van der Waals surface area contributed by atoms with Gasteiger partial charge in [0.15, 0.2) is 0 Å². The van der Waals surface area contributed by atoms with E-state index in [2.05, 4.69) is 15.5 Å². The first kappa shape index (κ1) is 20.0. The van der Waals surface area contributed by atoms with Crippen molar-refractivity contribution in [3.8, 4) is 0 Å². The normalized spacial score (nSPS) is 18.9. The van der Waals surface area contributed by atoms with Crippen molar-refractivity contribution in [2.75, 3.05) is 33.7 Å². The van der Waals surface area contributed by atoms with Crippen LogP contribution < -0.4 is 10.6 Å². The zero-order chi connectivity index (χ0) is 18.4. The number of carbonyl (C=O) groups excluding carboxylic acids is 2. The van der Waals surface area contributed by atoms with Gasteiger partial charge in [0.2, 0.25) is 11.8 Å². The molecule has 0 bridgehead atoms. The van der Waals surface area contributed by atoms with Crippen LogP contribution in [0.25, 0.3) is 0 Å². The molecule has 1 aromatic rings. The molecule has 2 N–H and O–H groups in total. The average Bonchev–Trinajstić information content (AvgIpc) is 3.34. The second-order valence-electron chi connectivity index (χ2n) is 6.67. The van der Waals surface area contributed by atoms with Gasteiger partial charge in [0.1, 0.15) is 0 Å². The Labute approximate surface area is 159 Å². The van der Waals surface area contributed by atoms with Crippen molar-refractivity contribution in [3.05, 3.63) is 33.8 Å². The van der Waals surface area contributed by atoms with Crippen molar-refractivity contribution in [1.82, 2.24) is 15.5 Å². The topological polar surface area (TPSA) is 61.4 Å². The number of rotatable bonds is 9. The van der Waals surface area contributed by atoms with E-state index in [4.69, 9.17) is 23.2 Å². The highest BCUT2D eigenvalue weighted by atomic mass is 35.5. The molecule has 138 valence electrons. The molecule has 0 aromatic heterocycles. The van der Waals surface area contributed by atoms with Gasteiger partial charge in [-0.25, -0.2) is 0 Å². The molecule has 0 radical (unpaired) electrons. The van der Waals surface area contributed by atoms with Crippen LogP contribution in [0, 0.1) is 11.8 Å². The number of amides is 2. The van der Waals surface area contributed by atoms with E-state index in [1.165, 1.54) is 0 Å². The molecule has 0 aliphatic heterocycles.